The number of nitrogens with zero attached hydrogens (tertiary/aromatic N) is 2. The number of carbonyl (C=O) groups excluding carboxylic acids is 1. The number of aliphatic carboxylic acids is 1. The summed E-state index contributed by atoms with van der Waals surface area (Å²) in [7, 11) is 0. The van der Waals surface area contributed by atoms with E-state index in [1.165, 1.54) is 18.3 Å². The normalized spacial score (nSPS) is 10.2. The van der Waals surface area contributed by atoms with Gasteiger partial charge in [0.05, 0.1) is 6.20 Å². The van der Waals surface area contributed by atoms with E-state index in [1.807, 2.05) is 0 Å². The minimum atomic E-state index is -1.15. The second-order valence-electron chi connectivity index (χ2n) is 3.64. The van der Waals surface area contributed by atoms with E-state index in [-0.39, 0.29) is 5.76 Å². The zero-order chi connectivity index (χ0) is 13.8. The number of amides is 1. The van der Waals surface area contributed by atoms with Gasteiger partial charge in [-0.2, -0.15) is 0 Å². The van der Waals surface area contributed by atoms with Crippen LogP contribution in [0.15, 0.2) is 41.1 Å². The molecule has 19 heavy (non-hydrogen) atoms. The van der Waals surface area contributed by atoms with E-state index in [2.05, 4.69) is 5.16 Å². The molecule has 0 aliphatic rings. The Kier molecular flexibility index (Phi) is 3.82. The summed E-state index contributed by atoms with van der Waals surface area (Å²) in [4.78, 5) is 24.1. The predicted octanol–water partition coefficient (Wildman–Crippen LogP) is 2.06. The van der Waals surface area contributed by atoms with Crippen LogP contribution in [-0.4, -0.2) is 28.7 Å². The van der Waals surface area contributed by atoms with Crippen LogP contribution in [0.1, 0.15) is 10.6 Å². The lowest BCUT2D eigenvalue weighted by atomic mass is 10.2. The van der Waals surface area contributed by atoms with Crippen molar-refractivity contribution in [2.45, 2.75) is 0 Å². The van der Waals surface area contributed by atoms with Gasteiger partial charge in [-0.15, -0.1) is 0 Å². The Hall–Kier alpha value is -2.34. The molecule has 1 aromatic carbocycles. The summed E-state index contributed by atoms with van der Waals surface area (Å²) in [5, 5.41) is 12.7. The molecule has 0 fully saturated rings. The van der Waals surface area contributed by atoms with E-state index in [4.69, 9.17) is 21.2 Å². The summed E-state index contributed by atoms with van der Waals surface area (Å²) < 4.78 is 4.74. The summed E-state index contributed by atoms with van der Waals surface area (Å²) in [5.74, 6) is -1.78. The molecule has 0 radical (unpaired) electrons. The standard InChI is InChI=1S/C12H9ClN2O4/c13-8-2-1-3-9(6-8)15(7-11(16)17)12(18)10-4-5-14-19-10/h1-6H,7H2,(H,16,17). The zero-order valence-electron chi connectivity index (χ0n) is 9.62. The average Bonchev–Trinajstić information content (AvgIpc) is 2.88. The molecule has 2 rings (SSSR count). The SMILES string of the molecule is O=C(O)CN(C(=O)c1ccno1)c1cccc(Cl)c1. The number of hydrogen-bond acceptors (Lipinski definition) is 4. The van der Waals surface area contributed by atoms with Gasteiger partial charge in [0.25, 0.3) is 5.91 Å². The topological polar surface area (TPSA) is 83.6 Å². The molecule has 0 atom stereocenters. The molecule has 0 aliphatic carbocycles. The number of carboxylic acids is 1. The lowest BCUT2D eigenvalue weighted by Crippen LogP contribution is -2.35. The lowest BCUT2D eigenvalue weighted by molar-refractivity contribution is -0.135. The number of benzene rings is 1. The van der Waals surface area contributed by atoms with Crippen molar-refractivity contribution < 1.29 is 19.2 Å². The monoisotopic (exact) mass is 280 g/mol. The highest BCUT2D eigenvalue weighted by molar-refractivity contribution is 6.31. The van der Waals surface area contributed by atoms with Crippen molar-refractivity contribution in [2.24, 2.45) is 0 Å². The van der Waals surface area contributed by atoms with Gasteiger partial charge >= 0.3 is 5.97 Å². The third kappa shape index (κ3) is 3.11. The molecule has 0 saturated heterocycles. The summed E-state index contributed by atoms with van der Waals surface area (Å²) >= 11 is 5.83. The third-order valence-electron chi connectivity index (χ3n) is 2.31. The molecule has 2 aromatic rings. The fourth-order valence-corrected chi connectivity index (χ4v) is 1.70. The van der Waals surface area contributed by atoms with Crippen molar-refractivity contribution in [3.63, 3.8) is 0 Å². The maximum absolute atomic E-state index is 12.1. The fourth-order valence-electron chi connectivity index (χ4n) is 1.52. The molecule has 0 aliphatic heterocycles. The van der Waals surface area contributed by atoms with Gasteiger partial charge in [-0.05, 0) is 18.2 Å². The van der Waals surface area contributed by atoms with Crippen molar-refractivity contribution in [1.82, 2.24) is 5.16 Å². The molecule has 0 saturated carbocycles. The van der Waals surface area contributed by atoms with Crippen molar-refractivity contribution >= 4 is 29.2 Å². The first-order valence-electron chi connectivity index (χ1n) is 5.28. The Labute approximate surface area is 113 Å². The van der Waals surface area contributed by atoms with Crippen molar-refractivity contribution in [3.05, 3.63) is 47.3 Å². The molecule has 7 heteroatoms. The maximum atomic E-state index is 12.1. The summed E-state index contributed by atoms with van der Waals surface area (Å²) in [5.41, 5.74) is 0.372. The lowest BCUT2D eigenvalue weighted by Gasteiger charge is -2.19. The van der Waals surface area contributed by atoms with Crippen LogP contribution < -0.4 is 4.90 Å². The highest BCUT2D eigenvalue weighted by Gasteiger charge is 2.23. The smallest absolute Gasteiger partial charge is 0.323 e. The number of carbonyl (C=O) groups is 2. The van der Waals surface area contributed by atoms with E-state index >= 15 is 0 Å². The second-order valence-corrected chi connectivity index (χ2v) is 4.08. The summed E-state index contributed by atoms with van der Waals surface area (Å²) in [6, 6.07) is 7.70. The van der Waals surface area contributed by atoms with E-state index in [0.29, 0.717) is 10.7 Å². The minimum absolute atomic E-state index is 0.0405. The number of aromatic nitrogens is 1. The van der Waals surface area contributed by atoms with Gasteiger partial charge in [-0.3, -0.25) is 14.5 Å². The van der Waals surface area contributed by atoms with Gasteiger partial charge < -0.3 is 9.63 Å². The molecule has 1 amide bonds. The Morgan fingerprint density at radius 1 is 1.37 bits per heavy atom. The highest BCUT2D eigenvalue weighted by Crippen LogP contribution is 2.21. The number of rotatable bonds is 4. The van der Waals surface area contributed by atoms with E-state index in [0.717, 1.165) is 4.90 Å². The Morgan fingerprint density at radius 3 is 2.74 bits per heavy atom. The van der Waals surface area contributed by atoms with Gasteiger partial charge in [0.2, 0.25) is 5.76 Å². The van der Waals surface area contributed by atoms with Gasteiger partial charge in [-0.1, -0.05) is 22.8 Å². The van der Waals surface area contributed by atoms with Crippen molar-refractivity contribution in [3.8, 4) is 0 Å². The summed E-state index contributed by atoms with van der Waals surface area (Å²) in [6.07, 6.45) is 1.31. The van der Waals surface area contributed by atoms with Crippen LogP contribution in [0.5, 0.6) is 0 Å². The van der Waals surface area contributed by atoms with Crippen LogP contribution in [0.3, 0.4) is 0 Å². The Balaban J connectivity index is 2.36. The molecule has 1 aromatic heterocycles. The molecular formula is C12H9ClN2O4. The summed E-state index contributed by atoms with van der Waals surface area (Å²) in [6.45, 7) is -0.500. The van der Waals surface area contributed by atoms with E-state index < -0.39 is 18.4 Å². The van der Waals surface area contributed by atoms with Gasteiger partial charge in [0, 0.05) is 16.8 Å². The Morgan fingerprint density at radius 2 is 2.16 bits per heavy atom. The number of anilines is 1. The molecule has 0 unspecified atom stereocenters. The van der Waals surface area contributed by atoms with E-state index in [9.17, 15) is 9.59 Å². The average molecular weight is 281 g/mol. The van der Waals surface area contributed by atoms with Gasteiger partial charge in [-0.25, -0.2) is 0 Å². The van der Waals surface area contributed by atoms with Crippen molar-refractivity contribution in [2.75, 3.05) is 11.4 Å². The number of carboxylic acid groups (broad SMARTS) is 1. The quantitative estimate of drug-likeness (QED) is 0.927. The first-order chi connectivity index (χ1) is 9.08. The second kappa shape index (κ2) is 5.53. The molecular weight excluding hydrogens is 272 g/mol. The van der Waals surface area contributed by atoms with Gasteiger partial charge in [0.1, 0.15) is 6.54 Å². The highest BCUT2D eigenvalue weighted by atomic mass is 35.5. The minimum Gasteiger partial charge on any atom is -0.480 e. The van der Waals surface area contributed by atoms with Crippen LogP contribution in [0.4, 0.5) is 5.69 Å². The molecule has 6 nitrogen and oxygen atoms in total. The molecule has 1 N–H and O–H groups in total. The van der Waals surface area contributed by atoms with Crippen LogP contribution in [-0.2, 0) is 4.79 Å². The van der Waals surface area contributed by atoms with Crippen LogP contribution in [0.2, 0.25) is 5.02 Å². The third-order valence-corrected chi connectivity index (χ3v) is 2.54. The first-order valence-corrected chi connectivity index (χ1v) is 5.65. The fraction of sp³-hybridized carbons (Fsp3) is 0.0833. The molecule has 1 heterocycles. The van der Waals surface area contributed by atoms with Crippen LogP contribution in [0, 0.1) is 0 Å². The van der Waals surface area contributed by atoms with Gasteiger partial charge in [0.15, 0.2) is 0 Å². The molecule has 98 valence electrons. The number of hydrogen-bond donors (Lipinski definition) is 1. The van der Waals surface area contributed by atoms with Crippen molar-refractivity contribution in [1.29, 1.82) is 0 Å². The van der Waals surface area contributed by atoms with E-state index in [1.54, 1.807) is 18.2 Å². The molecule has 0 spiro atoms. The predicted molar refractivity (Wildman–Crippen MR) is 67.3 cm³/mol. The van der Waals surface area contributed by atoms with Crippen LogP contribution in [0.25, 0.3) is 0 Å². The zero-order valence-corrected chi connectivity index (χ0v) is 10.4. The maximum Gasteiger partial charge on any atom is 0.323 e. The van der Waals surface area contributed by atoms with Crippen LogP contribution >= 0.6 is 11.6 Å². The molecule has 0 bridgehead atoms. The number of halogens is 1. The first kappa shape index (κ1) is 13.1. The Bertz CT molecular complexity index is 598. The largest absolute Gasteiger partial charge is 0.480 e.